The number of primary amides is 1. The average molecular weight is 301 g/mol. The Kier molecular flexibility index (Phi) is 4.96. The summed E-state index contributed by atoms with van der Waals surface area (Å²) in [7, 11) is 0. The number of aliphatic hydroxyl groups excluding tert-OH is 1. The topological polar surface area (TPSA) is 66.6 Å². The van der Waals surface area contributed by atoms with Gasteiger partial charge in [0, 0.05) is 11.0 Å². The molecule has 0 bridgehead atoms. The van der Waals surface area contributed by atoms with Gasteiger partial charge in [0.1, 0.15) is 0 Å². The molecule has 1 aromatic carbocycles. The molecular weight excluding hydrogens is 284 g/mol. The number of aliphatic hydroxyl groups is 1. The highest BCUT2D eigenvalue weighted by Crippen LogP contribution is 2.29. The Labute approximate surface area is 110 Å². The van der Waals surface area contributed by atoms with Crippen molar-refractivity contribution >= 4 is 27.5 Å². The SMILES string of the molecule is CCN(CC(N)=O)c1ccc([C@@H](C)O)cc1Br. The maximum absolute atomic E-state index is 11.0. The molecule has 3 N–H and O–H groups in total. The summed E-state index contributed by atoms with van der Waals surface area (Å²) >= 11 is 3.44. The second-order valence-corrected chi connectivity index (χ2v) is 4.72. The van der Waals surface area contributed by atoms with Crippen LogP contribution in [-0.2, 0) is 4.79 Å². The lowest BCUT2D eigenvalue weighted by Gasteiger charge is -2.23. The van der Waals surface area contributed by atoms with Crippen LogP contribution in [-0.4, -0.2) is 24.1 Å². The number of nitrogens with zero attached hydrogens (tertiary/aromatic N) is 1. The number of rotatable bonds is 5. The molecule has 0 aliphatic carbocycles. The van der Waals surface area contributed by atoms with Crippen molar-refractivity contribution in [2.24, 2.45) is 5.73 Å². The molecule has 0 aliphatic heterocycles. The summed E-state index contributed by atoms with van der Waals surface area (Å²) in [6.45, 7) is 4.54. The van der Waals surface area contributed by atoms with Crippen LogP contribution in [0.3, 0.4) is 0 Å². The van der Waals surface area contributed by atoms with Crippen LogP contribution in [0.1, 0.15) is 25.5 Å². The van der Waals surface area contributed by atoms with E-state index in [4.69, 9.17) is 5.73 Å². The fraction of sp³-hybridized carbons (Fsp3) is 0.417. The number of hydrogen-bond donors (Lipinski definition) is 2. The molecule has 0 heterocycles. The van der Waals surface area contributed by atoms with E-state index in [1.807, 2.05) is 30.0 Å². The molecule has 1 atom stereocenters. The summed E-state index contributed by atoms with van der Waals surface area (Å²) in [5.74, 6) is -0.363. The summed E-state index contributed by atoms with van der Waals surface area (Å²) in [4.78, 5) is 12.8. The van der Waals surface area contributed by atoms with Gasteiger partial charge in [-0.1, -0.05) is 6.07 Å². The van der Waals surface area contributed by atoms with E-state index in [9.17, 15) is 9.90 Å². The molecule has 0 fully saturated rings. The van der Waals surface area contributed by atoms with Gasteiger partial charge in [0.05, 0.1) is 18.3 Å². The zero-order chi connectivity index (χ0) is 13.0. The third kappa shape index (κ3) is 3.71. The quantitative estimate of drug-likeness (QED) is 0.871. The fourth-order valence-corrected chi connectivity index (χ4v) is 2.24. The van der Waals surface area contributed by atoms with Crippen LogP contribution in [0.4, 0.5) is 5.69 Å². The number of likely N-dealkylation sites (N-methyl/N-ethyl adjacent to an activating group) is 1. The van der Waals surface area contributed by atoms with E-state index in [1.165, 1.54) is 0 Å². The van der Waals surface area contributed by atoms with Crippen LogP contribution < -0.4 is 10.6 Å². The summed E-state index contributed by atoms with van der Waals surface area (Å²) < 4.78 is 0.846. The largest absolute Gasteiger partial charge is 0.389 e. The van der Waals surface area contributed by atoms with Gasteiger partial charge in [-0.15, -0.1) is 0 Å². The number of hydrogen-bond acceptors (Lipinski definition) is 3. The number of halogens is 1. The molecule has 0 unspecified atom stereocenters. The maximum atomic E-state index is 11.0. The van der Waals surface area contributed by atoms with Crippen LogP contribution in [0.25, 0.3) is 0 Å². The smallest absolute Gasteiger partial charge is 0.236 e. The molecule has 1 amide bonds. The molecule has 0 spiro atoms. The molecule has 5 heteroatoms. The average Bonchev–Trinajstić information content (AvgIpc) is 2.25. The summed E-state index contributed by atoms with van der Waals surface area (Å²) in [6, 6.07) is 5.57. The molecule has 0 aliphatic rings. The zero-order valence-corrected chi connectivity index (χ0v) is 11.6. The predicted octanol–water partition coefficient (Wildman–Crippen LogP) is 1.81. The second kappa shape index (κ2) is 6.02. The highest BCUT2D eigenvalue weighted by molar-refractivity contribution is 9.10. The number of nitrogens with two attached hydrogens (primary N) is 1. The fourth-order valence-electron chi connectivity index (χ4n) is 1.59. The van der Waals surface area contributed by atoms with Crippen LogP contribution >= 0.6 is 15.9 Å². The van der Waals surface area contributed by atoms with Crippen LogP contribution in [0.15, 0.2) is 22.7 Å². The molecule has 1 rings (SSSR count). The van der Waals surface area contributed by atoms with E-state index in [2.05, 4.69) is 15.9 Å². The van der Waals surface area contributed by atoms with E-state index >= 15 is 0 Å². The minimum atomic E-state index is -0.508. The highest BCUT2D eigenvalue weighted by Gasteiger charge is 2.12. The van der Waals surface area contributed by atoms with Crippen LogP contribution in [0.2, 0.25) is 0 Å². The Hall–Kier alpha value is -1.07. The third-order valence-corrected chi connectivity index (χ3v) is 3.16. The molecule has 0 aromatic heterocycles. The molecule has 0 radical (unpaired) electrons. The van der Waals surface area contributed by atoms with E-state index < -0.39 is 6.10 Å². The highest BCUT2D eigenvalue weighted by atomic mass is 79.9. The standard InChI is InChI=1S/C12H17BrN2O2/c1-3-15(7-12(14)17)11-5-4-9(8(2)16)6-10(11)13/h4-6,8,16H,3,7H2,1-2H3,(H2,14,17)/t8-/m1/s1. The number of benzene rings is 1. The van der Waals surface area contributed by atoms with Crippen molar-refractivity contribution in [3.63, 3.8) is 0 Å². The molecule has 17 heavy (non-hydrogen) atoms. The summed E-state index contributed by atoms with van der Waals surface area (Å²) in [5, 5.41) is 9.47. The normalized spacial score (nSPS) is 12.2. The molecule has 0 saturated heterocycles. The van der Waals surface area contributed by atoms with Crippen LogP contribution in [0.5, 0.6) is 0 Å². The first-order valence-electron chi connectivity index (χ1n) is 5.46. The second-order valence-electron chi connectivity index (χ2n) is 3.87. The van der Waals surface area contributed by atoms with Crippen molar-refractivity contribution < 1.29 is 9.90 Å². The minimum Gasteiger partial charge on any atom is -0.389 e. The van der Waals surface area contributed by atoms with Gasteiger partial charge in [-0.2, -0.15) is 0 Å². The summed E-state index contributed by atoms with van der Waals surface area (Å²) in [5.41, 5.74) is 6.93. The Morgan fingerprint density at radius 3 is 2.65 bits per heavy atom. The predicted molar refractivity (Wildman–Crippen MR) is 71.9 cm³/mol. The lowest BCUT2D eigenvalue weighted by molar-refractivity contribution is -0.116. The molecule has 94 valence electrons. The van der Waals surface area contributed by atoms with E-state index in [0.29, 0.717) is 6.54 Å². The first-order chi connectivity index (χ1) is 7.95. The monoisotopic (exact) mass is 300 g/mol. The van der Waals surface area contributed by atoms with Gasteiger partial charge in [-0.05, 0) is 47.5 Å². The van der Waals surface area contributed by atoms with Gasteiger partial charge in [0.2, 0.25) is 5.91 Å². The molecule has 0 saturated carbocycles. The van der Waals surface area contributed by atoms with Crippen molar-refractivity contribution in [1.29, 1.82) is 0 Å². The Bertz CT molecular complexity index is 407. The third-order valence-electron chi connectivity index (χ3n) is 2.52. The summed E-state index contributed by atoms with van der Waals surface area (Å²) in [6.07, 6.45) is -0.508. The first kappa shape index (κ1) is 14.0. The van der Waals surface area contributed by atoms with Gasteiger partial charge in [-0.25, -0.2) is 0 Å². The van der Waals surface area contributed by atoms with Crippen molar-refractivity contribution in [1.82, 2.24) is 0 Å². The number of carbonyl (C=O) groups excluding carboxylic acids is 1. The van der Waals surface area contributed by atoms with Crippen molar-refractivity contribution in [2.75, 3.05) is 18.0 Å². The Morgan fingerprint density at radius 2 is 2.24 bits per heavy atom. The number of amides is 1. The maximum Gasteiger partial charge on any atom is 0.236 e. The van der Waals surface area contributed by atoms with Gasteiger partial charge in [0.15, 0.2) is 0 Å². The van der Waals surface area contributed by atoms with Crippen molar-refractivity contribution in [3.8, 4) is 0 Å². The first-order valence-corrected chi connectivity index (χ1v) is 6.25. The van der Waals surface area contributed by atoms with Crippen LogP contribution in [0, 0.1) is 0 Å². The molecule has 4 nitrogen and oxygen atoms in total. The molecule has 1 aromatic rings. The Morgan fingerprint density at radius 1 is 1.59 bits per heavy atom. The minimum absolute atomic E-state index is 0.184. The number of carbonyl (C=O) groups is 1. The van der Waals surface area contributed by atoms with Gasteiger partial charge in [-0.3, -0.25) is 4.79 Å². The van der Waals surface area contributed by atoms with Crippen molar-refractivity contribution in [2.45, 2.75) is 20.0 Å². The van der Waals surface area contributed by atoms with E-state index in [-0.39, 0.29) is 12.5 Å². The van der Waals surface area contributed by atoms with Gasteiger partial charge in [0.25, 0.3) is 0 Å². The van der Waals surface area contributed by atoms with Gasteiger partial charge >= 0.3 is 0 Å². The molecular formula is C12H17BrN2O2. The lowest BCUT2D eigenvalue weighted by Crippen LogP contribution is -2.33. The lowest BCUT2D eigenvalue weighted by atomic mass is 10.1. The van der Waals surface area contributed by atoms with Crippen molar-refractivity contribution in [3.05, 3.63) is 28.2 Å². The number of anilines is 1. The van der Waals surface area contributed by atoms with E-state index in [0.717, 1.165) is 15.7 Å². The van der Waals surface area contributed by atoms with Gasteiger partial charge < -0.3 is 15.7 Å². The zero-order valence-electron chi connectivity index (χ0n) is 9.98. The Balaban J connectivity index is 3.00. The van der Waals surface area contributed by atoms with E-state index in [1.54, 1.807) is 6.92 Å².